The zero-order chi connectivity index (χ0) is 74.9. The zero-order valence-electron chi connectivity index (χ0n) is 60.1. The van der Waals surface area contributed by atoms with Crippen LogP contribution in [0.5, 0.6) is 0 Å². The minimum atomic E-state index is 0.586. The first-order valence-electron chi connectivity index (χ1n) is 37.3. The summed E-state index contributed by atoms with van der Waals surface area (Å²) in [5, 5.41) is 10.4. The highest BCUT2D eigenvalue weighted by Gasteiger charge is 2.26. The summed E-state index contributed by atoms with van der Waals surface area (Å²) >= 11 is 3.47. The molecule has 0 atom stereocenters. The van der Waals surface area contributed by atoms with Crippen molar-refractivity contribution in [3.8, 4) is 114 Å². The van der Waals surface area contributed by atoms with Crippen LogP contribution in [0.4, 0.5) is 0 Å². The van der Waals surface area contributed by atoms with Crippen LogP contribution in [0.2, 0.25) is 0 Å². The van der Waals surface area contributed by atoms with Crippen molar-refractivity contribution in [3.63, 3.8) is 0 Å². The van der Waals surface area contributed by atoms with Gasteiger partial charge >= 0.3 is 0 Å². The van der Waals surface area contributed by atoms with E-state index in [4.69, 9.17) is 67.5 Å². The van der Waals surface area contributed by atoms with E-state index in [0.717, 1.165) is 184 Å². The van der Waals surface area contributed by atoms with Gasteiger partial charge in [0.25, 0.3) is 0 Å². The van der Waals surface area contributed by atoms with E-state index in [1.54, 1.807) is 22.7 Å². The monoisotopic (exact) mass is 1500 g/mol. The maximum Gasteiger partial charge on any atom is 0.180 e. The minimum Gasteiger partial charge on any atom is -0.456 e. The standard InChI is InChI=1S/2C49H27N5O2S/c1-3-13-28(14-4-1)43-45-44(32-18-8-10-22-37(32)56-45)51-47(50-43)30-25-26-33-40(27-30)57-39-24-12-20-35(42(33)39)49-53-46(29-15-5-2-6-16-29)52-48(54-49)34-19-11-23-38-41(34)31-17-7-9-21-36(31)55-38;1-3-12-28(13-4-1)43-45-44(33-17-8-10-20-38(33)56-45)51-47(50-43)31-22-24-34-41(27-31)57-40-21-11-18-35(42(34)40)49-53-46(29-14-5-2-6-15-29)52-48(54-49)30-23-25-39-36(26-30)32-16-7-9-19-37(32)55-39/h2*1-27H. The topological polar surface area (TPSA) is 181 Å². The van der Waals surface area contributed by atoms with Gasteiger partial charge in [-0.15, -0.1) is 22.7 Å². The number of aromatic nitrogens is 10. The molecule has 0 radical (unpaired) electrons. The molecule has 0 spiro atoms. The van der Waals surface area contributed by atoms with Gasteiger partial charge in [-0.25, -0.2) is 49.8 Å². The van der Waals surface area contributed by atoms with Gasteiger partial charge in [-0.3, -0.25) is 0 Å². The van der Waals surface area contributed by atoms with Crippen molar-refractivity contribution in [1.29, 1.82) is 0 Å². The van der Waals surface area contributed by atoms with E-state index in [-0.39, 0.29) is 0 Å². The molecule has 0 unspecified atom stereocenters. The highest BCUT2D eigenvalue weighted by molar-refractivity contribution is 7.26. The second-order valence-electron chi connectivity index (χ2n) is 28.0. The fourth-order valence-corrected chi connectivity index (χ4v) is 18.2. The van der Waals surface area contributed by atoms with Crippen LogP contribution in [0.1, 0.15) is 0 Å². The number of nitrogens with zero attached hydrogens (tertiary/aromatic N) is 10. The SMILES string of the molecule is c1ccc(-c2nc(-c3ccc4oc5ccccc5c4c3)nc(-c3cccc4sc5cc(-c6nc(-c7ccccc7)c7oc8ccccc8c7n6)ccc5c34)n2)cc1.c1ccc(-c2nc(-c3cccc4oc5ccccc5c34)nc(-c3cccc4sc5cc(-c6nc(-c7ccccc7)c7oc8ccccc8c7n6)ccc5c34)n2)cc1. The molecule has 24 aromatic rings. The van der Waals surface area contributed by atoms with E-state index >= 15 is 0 Å². The van der Waals surface area contributed by atoms with Crippen molar-refractivity contribution in [2.24, 2.45) is 0 Å². The number of hydrogen-bond acceptors (Lipinski definition) is 16. The van der Waals surface area contributed by atoms with E-state index in [2.05, 4.69) is 133 Å². The molecule has 0 fully saturated rings. The second kappa shape index (κ2) is 26.3. The summed E-state index contributed by atoms with van der Waals surface area (Å²) < 4.78 is 29.6. The van der Waals surface area contributed by atoms with Crippen LogP contribution in [0.15, 0.2) is 345 Å². The number of hydrogen-bond donors (Lipinski definition) is 0. The Balaban J connectivity index is 0.000000135. The maximum absolute atomic E-state index is 6.36. The molecule has 0 saturated heterocycles. The van der Waals surface area contributed by atoms with E-state index in [1.807, 2.05) is 194 Å². The predicted molar refractivity (Wildman–Crippen MR) is 460 cm³/mol. The third-order valence-corrected chi connectivity index (χ3v) is 23.4. The van der Waals surface area contributed by atoms with E-state index in [9.17, 15) is 0 Å². The Morgan fingerprint density at radius 3 is 1.03 bits per heavy atom. The number of para-hydroxylation sites is 4. The van der Waals surface area contributed by atoms with Gasteiger partial charge < -0.3 is 17.7 Å². The lowest BCUT2D eigenvalue weighted by atomic mass is 10.0. The average Bonchev–Trinajstić information content (AvgIpc) is 1.58. The van der Waals surface area contributed by atoms with Gasteiger partial charge in [0, 0.05) is 128 Å². The maximum atomic E-state index is 6.36. The molecular formula is C98H54N10O4S2. The summed E-state index contributed by atoms with van der Waals surface area (Å²) in [6.07, 6.45) is 0. The largest absolute Gasteiger partial charge is 0.456 e. The summed E-state index contributed by atoms with van der Waals surface area (Å²) in [4.78, 5) is 51.4. The molecule has 0 amide bonds. The molecule has 10 heterocycles. The van der Waals surface area contributed by atoms with Crippen LogP contribution in [0, 0.1) is 0 Å². The van der Waals surface area contributed by atoms with Crippen LogP contribution >= 0.6 is 22.7 Å². The van der Waals surface area contributed by atoms with Gasteiger partial charge in [-0.1, -0.05) is 243 Å². The molecule has 114 heavy (non-hydrogen) atoms. The number of rotatable bonds is 10. The Morgan fingerprint density at radius 2 is 0.526 bits per heavy atom. The van der Waals surface area contributed by atoms with E-state index in [1.165, 1.54) is 0 Å². The molecular weight excluding hydrogens is 1450 g/mol. The summed E-state index contributed by atoms with van der Waals surface area (Å²) in [6, 6.07) is 111. The van der Waals surface area contributed by atoms with Crippen molar-refractivity contribution >= 4 is 151 Å². The van der Waals surface area contributed by atoms with Crippen molar-refractivity contribution in [1.82, 2.24) is 49.8 Å². The number of thiophene rings is 2. The molecule has 0 bridgehead atoms. The first-order chi connectivity index (χ1) is 56.4. The lowest BCUT2D eigenvalue weighted by Gasteiger charge is -2.10. The van der Waals surface area contributed by atoms with Crippen molar-refractivity contribution in [2.45, 2.75) is 0 Å². The van der Waals surface area contributed by atoms with Crippen molar-refractivity contribution in [3.05, 3.63) is 328 Å². The molecule has 14 nitrogen and oxygen atoms in total. The Kier molecular flexibility index (Phi) is 15.0. The van der Waals surface area contributed by atoms with Gasteiger partial charge in [0.15, 0.2) is 57.8 Å². The van der Waals surface area contributed by atoms with Gasteiger partial charge in [-0.2, -0.15) is 0 Å². The Labute approximate surface area is 655 Å². The summed E-state index contributed by atoms with van der Waals surface area (Å²) in [5.74, 6) is 4.90. The van der Waals surface area contributed by atoms with Gasteiger partial charge in [0.05, 0.1) is 0 Å². The summed E-state index contributed by atoms with van der Waals surface area (Å²) in [7, 11) is 0. The van der Waals surface area contributed by atoms with Crippen LogP contribution in [-0.2, 0) is 0 Å². The van der Waals surface area contributed by atoms with Crippen molar-refractivity contribution in [2.75, 3.05) is 0 Å². The molecule has 532 valence electrons. The lowest BCUT2D eigenvalue weighted by Crippen LogP contribution is -2.00. The molecule has 0 aliphatic heterocycles. The zero-order valence-corrected chi connectivity index (χ0v) is 61.7. The van der Waals surface area contributed by atoms with Crippen LogP contribution < -0.4 is 0 Å². The Hall–Kier alpha value is -15.1. The average molecular weight is 1500 g/mol. The van der Waals surface area contributed by atoms with E-state index < -0.39 is 0 Å². The highest BCUT2D eigenvalue weighted by Crippen LogP contribution is 2.47. The van der Waals surface area contributed by atoms with Gasteiger partial charge in [0.2, 0.25) is 0 Å². The third-order valence-electron chi connectivity index (χ3n) is 21.1. The molecule has 16 heteroatoms. The summed E-state index contributed by atoms with van der Waals surface area (Å²) in [6.45, 7) is 0. The fourth-order valence-electron chi connectivity index (χ4n) is 15.8. The first kappa shape index (κ1) is 64.8. The number of furan rings is 4. The van der Waals surface area contributed by atoms with Crippen molar-refractivity contribution < 1.29 is 17.7 Å². The molecule has 0 aliphatic carbocycles. The minimum absolute atomic E-state index is 0.586. The number of fused-ring (bicyclic) bond motifs is 18. The van der Waals surface area contributed by atoms with Crippen LogP contribution in [0.3, 0.4) is 0 Å². The normalized spacial score (nSPS) is 11.9. The molecule has 14 aromatic carbocycles. The van der Waals surface area contributed by atoms with Gasteiger partial charge in [0.1, 0.15) is 55.9 Å². The number of benzene rings is 14. The smallest absolute Gasteiger partial charge is 0.180 e. The lowest BCUT2D eigenvalue weighted by molar-refractivity contribution is 0.667. The van der Waals surface area contributed by atoms with E-state index in [0.29, 0.717) is 57.8 Å². The molecule has 24 rings (SSSR count). The van der Waals surface area contributed by atoms with Crippen LogP contribution in [0.25, 0.3) is 242 Å². The quantitative estimate of drug-likeness (QED) is 0.126. The third kappa shape index (κ3) is 10.9. The second-order valence-corrected chi connectivity index (χ2v) is 30.2. The highest BCUT2D eigenvalue weighted by atomic mass is 32.1. The molecule has 0 aliphatic rings. The van der Waals surface area contributed by atoms with Crippen LogP contribution in [-0.4, -0.2) is 49.8 Å². The first-order valence-corrected chi connectivity index (χ1v) is 39.0. The Morgan fingerprint density at radius 1 is 0.184 bits per heavy atom. The van der Waals surface area contributed by atoms with Gasteiger partial charge in [-0.05, 0) is 84.9 Å². The molecule has 0 saturated carbocycles. The Bertz CT molecular complexity index is 8020. The fraction of sp³-hybridized carbons (Fsp3) is 0. The predicted octanol–water partition coefficient (Wildman–Crippen LogP) is 26.3. The summed E-state index contributed by atoms with van der Waals surface area (Å²) in [5.41, 5.74) is 18.7. The molecule has 10 aromatic heterocycles. The molecule has 0 N–H and O–H groups in total.